The summed E-state index contributed by atoms with van der Waals surface area (Å²) in [5, 5.41) is 1.71. The molecule has 0 atom stereocenters. The van der Waals surface area contributed by atoms with Crippen LogP contribution in [0.2, 0.25) is 0 Å². The number of benzene rings is 4. The van der Waals surface area contributed by atoms with E-state index < -0.39 is 5.82 Å². The molecule has 4 aromatic carbocycles. The van der Waals surface area contributed by atoms with Gasteiger partial charge >= 0.3 is 42.1 Å². The van der Waals surface area contributed by atoms with Crippen LogP contribution in [-0.2, 0) is 42.1 Å². The number of halogens is 1. The van der Waals surface area contributed by atoms with Crippen LogP contribution in [0.25, 0.3) is 50.3 Å². The standard InChI is InChI=1S/C38H20FN5O2.2Pt/c39-27-23-42-38(43-24-27)44-36-21-30(45-28-9-5-7-25(19-28)34-11-1-3-17-40-34)13-15-32(36)33-16-14-31(22-37(33)44)46-29-10-6-8-26(20-29)35-12-2-4-18-41-35;;/h1-18,23-24H;;/q-4;2*+2. The molecule has 0 saturated carbocycles. The minimum atomic E-state index is -0.544. The van der Waals surface area contributed by atoms with Crippen molar-refractivity contribution in [1.82, 2.24) is 24.5 Å². The van der Waals surface area contributed by atoms with E-state index in [-0.39, 0.29) is 48.1 Å². The monoisotopic (exact) mass is 987 g/mol. The molecule has 0 unspecified atom stereocenters. The summed E-state index contributed by atoms with van der Waals surface area (Å²) in [5.74, 6) is 1.61. The Morgan fingerprint density at radius 3 is 1.44 bits per heavy atom. The minimum Gasteiger partial charge on any atom is -0.503 e. The van der Waals surface area contributed by atoms with Crippen LogP contribution in [0.4, 0.5) is 4.39 Å². The molecule has 8 aromatic rings. The molecule has 0 aliphatic heterocycles. The average molecular weight is 988 g/mol. The van der Waals surface area contributed by atoms with Crippen LogP contribution in [0.3, 0.4) is 0 Å². The predicted octanol–water partition coefficient (Wildman–Crippen LogP) is 8.62. The van der Waals surface area contributed by atoms with E-state index >= 15 is 0 Å². The number of nitrogens with zero attached hydrogens (tertiary/aromatic N) is 5. The van der Waals surface area contributed by atoms with E-state index in [2.05, 4.69) is 44.2 Å². The van der Waals surface area contributed by atoms with E-state index in [1.807, 2.05) is 97.1 Å². The third-order valence-electron chi connectivity index (χ3n) is 7.20. The fraction of sp³-hybridized carbons (Fsp3) is 0. The molecule has 4 aromatic heterocycles. The maximum Gasteiger partial charge on any atom is 2.00 e. The molecular formula is C38H20FN5O2Pt2. The van der Waals surface area contributed by atoms with Gasteiger partial charge in [-0.1, -0.05) is 47.4 Å². The Kier molecular flexibility index (Phi) is 9.86. The molecule has 0 aliphatic rings. The first kappa shape index (κ1) is 32.9. The summed E-state index contributed by atoms with van der Waals surface area (Å²) in [6, 6.07) is 43.5. The van der Waals surface area contributed by atoms with Crippen molar-refractivity contribution < 1.29 is 56.0 Å². The summed E-state index contributed by atoms with van der Waals surface area (Å²) >= 11 is 0. The van der Waals surface area contributed by atoms with Crippen LogP contribution in [0.5, 0.6) is 23.0 Å². The quantitative estimate of drug-likeness (QED) is 0.149. The van der Waals surface area contributed by atoms with Crippen LogP contribution >= 0.6 is 0 Å². The Hall–Kier alpha value is -5.03. The Balaban J connectivity index is 0.00000201. The van der Waals surface area contributed by atoms with Gasteiger partial charge in [-0.15, -0.1) is 71.8 Å². The van der Waals surface area contributed by atoms with Crippen molar-refractivity contribution in [2.24, 2.45) is 0 Å². The van der Waals surface area contributed by atoms with Gasteiger partial charge in [0.2, 0.25) is 5.95 Å². The van der Waals surface area contributed by atoms with Gasteiger partial charge in [-0.3, -0.25) is 0 Å². The number of hydrogen-bond donors (Lipinski definition) is 0. The van der Waals surface area contributed by atoms with Crippen molar-refractivity contribution in [3.8, 4) is 51.5 Å². The molecule has 0 N–H and O–H groups in total. The van der Waals surface area contributed by atoms with E-state index in [4.69, 9.17) is 9.47 Å². The predicted molar refractivity (Wildman–Crippen MR) is 171 cm³/mol. The van der Waals surface area contributed by atoms with E-state index in [0.717, 1.165) is 45.7 Å². The largest absolute Gasteiger partial charge is 2.00 e. The molecule has 0 radical (unpaired) electrons. The van der Waals surface area contributed by atoms with Crippen molar-refractivity contribution in [2.45, 2.75) is 0 Å². The first-order valence-electron chi connectivity index (χ1n) is 14.3. The molecule has 236 valence electrons. The summed E-state index contributed by atoms with van der Waals surface area (Å²) < 4.78 is 28.0. The Morgan fingerprint density at radius 2 is 0.979 bits per heavy atom. The Labute approximate surface area is 304 Å². The Morgan fingerprint density at radius 1 is 0.500 bits per heavy atom. The van der Waals surface area contributed by atoms with Crippen molar-refractivity contribution in [1.29, 1.82) is 0 Å². The zero-order valence-electron chi connectivity index (χ0n) is 24.6. The zero-order valence-corrected chi connectivity index (χ0v) is 29.2. The second kappa shape index (κ2) is 14.4. The van der Waals surface area contributed by atoms with Gasteiger partial charge in [-0.2, -0.15) is 22.9 Å². The average Bonchev–Trinajstić information content (AvgIpc) is 3.42. The van der Waals surface area contributed by atoms with E-state index in [0.29, 0.717) is 34.0 Å². The van der Waals surface area contributed by atoms with Gasteiger partial charge in [0, 0.05) is 35.4 Å². The SMILES string of the molecule is Fc1cnc(-n2c3[c-]c(Oc4[c-]c(-c5ccccn5)ccc4)ccc3c3ccc(Oc4[c-]c(-c5ccccn5)ccc4)[c-]c32)nc1.[Pt+2].[Pt+2]. The Bertz CT molecular complexity index is 2190. The third-order valence-corrected chi connectivity index (χ3v) is 7.20. The van der Waals surface area contributed by atoms with Crippen LogP contribution in [0.15, 0.2) is 122 Å². The van der Waals surface area contributed by atoms with Crippen molar-refractivity contribution in [3.05, 3.63) is 152 Å². The summed E-state index contributed by atoms with van der Waals surface area (Å²) in [6.07, 6.45) is 5.72. The van der Waals surface area contributed by atoms with E-state index in [1.165, 1.54) is 0 Å². The molecule has 0 fully saturated rings. The molecule has 0 bridgehead atoms. The topological polar surface area (TPSA) is 75.0 Å². The van der Waals surface area contributed by atoms with Gasteiger partial charge in [0.1, 0.15) is 0 Å². The van der Waals surface area contributed by atoms with Gasteiger partial charge in [0.05, 0.1) is 12.4 Å². The van der Waals surface area contributed by atoms with Crippen LogP contribution in [0, 0.1) is 30.1 Å². The molecule has 0 amide bonds. The maximum absolute atomic E-state index is 13.9. The number of fused-ring (bicyclic) bond motifs is 3. The molecule has 7 nitrogen and oxygen atoms in total. The zero-order chi connectivity index (χ0) is 30.9. The summed E-state index contributed by atoms with van der Waals surface area (Å²) in [6.45, 7) is 0. The van der Waals surface area contributed by atoms with Crippen LogP contribution in [-0.4, -0.2) is 24.5 Å². The third kappa shape index (κ3) is 6.68. The summed E-state index contributed by atoms with van der Waals surface area (Å²) in [5.41, 5.74) is 4.43. The molecule has 8 rings (SSSR count). The van der Waals surface area contributed by atoms with Crippen molar-refractivity contribution >= 4 is 21.8 Å². The van der Waals surface area contributed by atoms with Gasteiger partial charge < -0.3 is 24.0 Å². The van der Waals surface area contributed by atoms with Crippen LogP contribution in [0.1, 0.15) is 0 Å². The van der Waals surface area contributed by atoms with Gasteiger partial charge in [0.25, 0.3) is 0 Å². The minimum absolute atomic E-state index is 0. The second-order valence-electron chi connectivity index (χ2n) is 10.2. The summed E-state index contributed by atoms with van der Waals surface area (Å²) in [4.78, 5) is 17.4. The van der Waals surface area contributed by atoms with Gasteiger partial charge in [-0.25, -0.2) is 14.4 Å². The molecule has 0 spiro atoms. The van der Waals surface area contributed by atoms with Gasteiger partial charge in [0.15, 0.2) is 5.82 Å². The smallest absolute Gasteiger partial charge is 0.503 e. The molecule has 0 saturated heterocycles. The first-order valence-corrected chi connectivity index (χ1v) is 14.3. The van der Waals surface area contributed by atoms with Crippen molar-refractivity contribution in [2.75, 3.05) is 0 Å². The second-order valence-corrected chi connectivity index (χ2v) is 10.2. The number of pyridine rings is 2. The fourth-order valence-electron chi connectivity index (χ4n) is 5.16. The number of rotatable bonds is 7. The molecule has 4 heterocycles. The fourth-order valence-corrected chi connectivity index (χ4v) is 5.16. The number of aromatic nitrogens is 5. The molecule has 0 aliphatic carbocycles. The van der Waals surface area contributed by atoms with Crippen LogP contribution < -0.4 is 9.47 Å². The number of hydrogen-bond acceptors (Lipinski definition) is 6. The normalized spacial score (nSPS) is 10.7. The maximum atomic E-state index is 13.9. The van der Waals surface area contributed by atoms with Gasteiger partial charge in [-0.05, 0) is 23.5 Å². The molecular weight excluding hydrogens is 968 g/mol. The van der Waals surface area contributed by atoms with E-state index in [9.17, 15) is 4.39 Å². The molecule has 10 heteroatoms. The molecule has 48 heavy (non-hydrogen) atoms. The number of ether oxygens (including phenoxy) is 2. The van der Waals surface area contributed by atoms with Crippen molar-refractivity contribution in [3.63, 3.8) is 0 Å². The first-order chi connectivity index (χ1) is 22.7. The van der Waals surface area contributed by atoms with E-state index in [1.54, 1.807) is 17.0 Å². The summed E-state index contributed by atoms with van der Waals surface area (Å²) in [7, 11) is 0.